The molecule has 3 rings (SSSR count). The summed E-state index contributed by atoms with van der Waals surface area (Å²) in [5.41, 5.74) is 1.50. The van der Waals surface area contributed by atoms with E-state index in [1.165, 1.54) is 16.9 Å². The normalized spacial score (nSPS) is 9.90. The summed E-state index contributed by atoms with van der Waals surface area (Å²) in [7, 11) is 0. The van der Waals surface area contributed by atoms with Crippen LogP contribution in [0.25, 0.3) is 17.1 Å². The van der Waals surface area contributed by atoms with Crippen molar-refractivity contribution < 1.29 is 4.92 Å². The third-order valence-electron chi connectivity index (χ3n) is 2.74. The number of benzene rings is 2. The quantitative estimate of drug-likeness (QED) is 0.548. The Morgan fingerprint density at radius 3 is 2.29 bits per heavy atom. The van der Waals surface area contributed by atoms with Gasteiger partial charge in [0.05, 0.1) is 10.6 Å². The molecule has 106 valence electrons. The topological polar surface area (TPSA) is 86.7 Å². The molecule has 0 aliphatic rings. The van der Waals surface area contributed by atoms with Crippen LogP contribution in [0.3, 0.4) is 0 Å². The maximum Gasteiger partial charge on any atom is 0.269 e. The van der Waals surface area contributed by atoms with Gasteiger partial charge in [0, 0.05) is 17.7 Å². The van der Waals surface area contributed by atoms with Crippen LogP contribution in [-0.2, 0) is 0 Å². The van der Waals surface area contributed by atoms with E-state index in [0.717, 1.165) is 5.56 Å². The van der Waals surface area contributed by atoms with Gasteiger partial charge in [-0.15, -0.1) is 27.4 Å². The summed E-state index contributed by atoms with van der Waals surface area (Å²) in [6.45, 7) is 0. The Hall–Kier alpha value is -2.80. The second kappa shape index (κ2) is 6.10. The summed E-state index contributed by atoms with van der Waals surface area (Å²) in [6, 6.07) is 15.4. The van der Waals surface area contributed by atoms with Crippen LogP contribution in [0.5, 0.6) is 0 Å². The van der Waals surface area contributed by atoms with Gasteiger partial charge in [-0.2, -0.15) is 0 Å². The molecule has 21 heavy (non-hydrogen) atoms. The average molecular weight is 304 g/mol. The first-order valence-corrected chi connectivity index (χ1v) is 5.84. The number of nitro benzene ring substituents is 1. The highest BCUT2D eigenvalue weighted by molar-refractivity contribution is 5.85. The van der Waals surface area contributed by atoms with E-state index in [1.54, 1.807) is 12.1 Å². The molecule has 0 atom stereocenters. The molecule has 0 amide bonds. The van der Waals surface area contributed by atoms with E-state index in [9.17, 15) is 10.1 Å². The number of halogens is 1. The largest absolute Gasteiger partial charge is 0.269 e. The Balaban J connectivity index is 0.00000161. The van der Waals surface area contributed by atoms with Crippen LogP contribution >= 0.6 is 12.4 Å². The van der Waals surface area contributed by atoms with Crippen molar-refractivity contribution >= 4 is 18.1 Å². The van der Waals surface area contributed by atoms with Gasteiger partial charge in [-0.05, 0) is 17.3 Å². The molecule has 0 N–H and O–H groups in total. The predicted molar refractivity (Wildman–Crippen MR) is 78.5 cm³/mol. The number of aromatic nitrogens is 4. The average Bonchev–Trinajstić information content (AvgIpc) is 2.98. The molecule has 1 aromatic heterocycles. The standard InChI is InChI=1S/C13H9N5O2.ClH/c19-18(20)12-8-6-11(7-9-12)17-15-13(14-16-17)10-4-2-1-3-5-10;/h1-9H;1H. The second-order valence-corrected chi connectivity index (χ2v) is 4.04. The van der Waals surface area contributed by atoms with Crippen molar-refractivity contribution in [3.63, 3.8) is 0 Å². The molecule has 0 bridgehead atoms. The minimum absolute atomic E-state index is 0. The van der Waals surface area contributed by atoms with Crippen LogP contribution in [0.1, 0.15) is 0 Å². The minimum Gasteiger partial charge on any atom is -0.258 e. The molecule has 1 heterocycles. The summed E-state index contributed by atoms with van der Waals surface area (Å²) < 4.78 is 0. The molecule has 0 saturated heterocycles. The highest BCUT2D eigenvalue weighted by atomic mass is 35.5. The fraction of sp³-hybridized carbons (Fsp3) is 0. The van der Waals surface area contributed by atoms with Crippen LogP contribution in [0.15, 0.2) is 54.6 Å². The molecule has 0 radical (unpaired) electrons. The van der Waals surface area contributed by atoms with Gasteiger partial charge in [0.15, 0.2) is 0 Å². The summed E-state index contributed by atoms with van der Waals surface area (Å²) >= 11 is 0. The molecule has 3 aromatic rings. The fourth-order valence-corrected chi connectivity index (χ4v) is 1.73. The SMILES string of the molecule is Cl.O=[N+]([O-])c1ccc(-n2nnc(-c3ccccc3)n2)cc1. The minimum atomic E-state index is -0.450. The van der Waals surface area contributed by atoms with E-state index in [1.807, 2.05) is 30.3 Å². The Bertz CT molecular complexity index is 743. The van der Waals surface area contributed by atoms with Crippen molar-refractivity contribution in [3.8, 4) is 17.1 Å². The number of rotatable bonds is 3. The summed E-state index contributed by atoms with van der Waals surface area (Å²) in [4.78, 5) is 11.5. The Morgan fingerprint density at radius 1 is 1.00 bits per heavy atom. The first-order chi connectivity index (χ1) is 9.74. The fourth-order valence-electron chi connectivity index (χ4n) is 1.73. The maximum atomic E-state index is 10.6. The number of non-ortho nitro benzene ring substituents is 1. The zero-order valence-corrected chi connectivity index (χ0v) is 11.5. The molecule has 0 unspecified atom stereocenters. The Kier molecular flexibility index (Phi) is 4.24. The molecule has 0 saturated carbocycles. The molecule has 0 aliphatic carbocycles. The van der Waals surface area contributed by atoms with Gasteiger partial charge >= 0.3 is 0 Å². The van der Waals surface area contributed by atoms with Crippen LogP contribution in [0.4, 0.5) is 5.69 Å². The van der Waals surface area contributed by atoms with Crippen molar-refractivity contribution in [3.05, 3.63) is 64.7 Å². The van der Waals surface area contributed by atoms with Crippen molar-refractivity contribution in [2.45, 2.75) is 0 Å². The van der Waals surface area contributed by atoms with Gasteiger partial charge in [-0.3, -0.25) is 10.1 Å². The van der Waals surface area contributed by atoms with E-state index in [4.69, 9.17) is 0 Å². The monoisotopic (exact) mass is 303 g/mol. The highest BCUT2D eigenvalue weighted by Gasteiger charge is 2.09. The molecular weight excluding hydrogens is 294 g/mol. The number of tetrazole rings is 1. The maximum absolute atomic E-state index is 10.6. The van der Waals surface area contributed by atoms with Crippen molar-refractivity contribution in [1.82, 2.24) is 20.2 Å². The van der Waals surface area contributed by atoms with Crippen LogP contribution < -0.4 is 0 Å². The van der Waals surface area contributed by atoms with Gasteiger partial charge in [0.1, 0.15) is 0 Å². The summed E-state index contributed by atoms with van der Waals surface area (Å²) in [6.07, 6.45) is 0. The van der Waals surface area contributed by atoms with Crippen LogP contribution in [-0.4, -0.2) is 25.1 Å². The summed E-state index contributed by atoms with van der Waals surface area (Å²) in [5, 5.41) is 22.8. The highest BCUT2D eigenvalue weighted by Crippen LogP contribution is 2.16. The summed E-state index contributed by atoms with van der Waals surface area (Å²) in [5.74, 6) is 0.504. The van der Waals surface area contributed by atoms with Gasteiger partial charge in [-0.1, -0.05) is 30.3 Å². The Labute approximate surface area is 125 Å². The lowest BCUT2D eigenvalue weighted by Gasteiger charge is -1.97. The lowest BCUT2D eigenvalue weighted by atomic mass is 10.2. The second-order valence-electron chi connectivity index (χ2n) is 4.04. The van der Waals surface area contributed by atoms with Crippen LogP contribution in [0, 0.1) is 10.1 Å². The van der Waals surface area contributed by atoms with Crippen molar-refractivity contribution in [1.29, 1.82) is 0 Å². The zero-order valence-electron chi connectivity index (χ0n) is 10.7. The van der Waals surface area contributed by atoms with E-state index in [2.05, 4.69) is 15.4 Å². The van der Waals surface area contributed by atoms with Crippen molar-refractivity contribution in [2.75, 3.05) is 0 Å². The zero-order chi connectivity index (χ0) is 13.9. The Morgan fingerprint density at radius 2 is 1.67 bits per heavy atom. The molecule has 0 aliphatic heterocycles. The van der Waals surface area contributed by atoms with E-state index in [-0.39, 0.29) is 18.1 Å². The van der Waals surface area contributed by atoms with Crippen molar-refractivity contribution in [2.24, 2.45) is 0 Å². The first kappa shape index (κ1) is 14.6. The molecule has 2 aromatic carbocycles. The molecular formula is C13H10ClN5O2. The smallest absolute Gasteiger partial charge is 0.258 e. The van der Waals surface area contributed by atoms with Gasteiger partial charge in [0.25, 0.3) is 5.69 Å². The van der Waals surface area contributed by atoms with Gasteiger partial charge < -0.3 is 0 Å². The molecule has 0 spiro atoms. The molecule has 0 fully saturated rings. The van der Waals surface area contributed by atoms with Crippen LogP contribution in [0.2, 0.25) is 0 Å². The lowest BCUT2D eigenvalue weighted by molar-refractivity contribution is -0.384. The number of hydrogen-bond acceptors (Lipinski definition) is 5. The van der Waals surface area contributed by atoms with Gasteiger partial charge in [-0.25, -0.2) is 0 Å². The number of hydrogen-bond donors (Lipinski definition) is 0. The lowest BCUT2D eigenvalue weighted by Crippen LogP contribution is -1.99. The number of nitro groups is 1. The van der Waals surface area contributed by atoms with E-state index < -0.39 is 4.92 Å². The van der Waals surface area contributed by atoms with E-state index in [0.29, 0.717) is 11.5 Å². The molecule has 8 heteroatoms. The first-order valence-electron chi connectivity index (χ1n) is 5.84. The number of nitrogens with zero attached hydrogens (tertiary/aromatic N) is 5. The predicted octanol–water partition coefficient (Wildman–Crippen LogP) is 2.66. The third-order valence-corrected chi connectivity index (χ3v) is 2.74. The molecule has 7 nitrogen and oxygen atoms in total. The van der Waals surface area contributed by atoms with Gasteiger partial charge in [0.2, 0.25) is 5.82 Å². The third kappa shape index (κ3) is 3.03. The van der Waals surface area contributed by atoms with E-state index >= 15 is 0 Å².